The van der Waals surface area contributed by atoms with Gasteiger partial charge in [0.1, 0.15) is 0 Å². The molecule has 1 aliphatic rings. The summed E-state index contributed by atoms with van der Waals surface area (Å²) in [5, 5.41) is 3.33. The lowest BCUT2D eigenvalue weighted by atomic mass is 10.4. The van der Waals surface area contributed by atoms with E-state index in [1.54, 1.807) is 6.20 Å². The number of aromatic nitrogens is 1. The van der Waals surface area contributed by atoms with Crippen LogP contribution in [-0.4, -0.2) is 55.9 Å². The summed E-state index contributed by atoms with van der Waals surface area (Å²) >= 11 is 0. The van der Waals surface area contributed by atoms with E-state index < -0.39 is 0 Å². The van der Waals surface area contributed by atoms with Crippen molar-refractivity contribution in [1.82, 2.24) is 9.88 Å². The van der Waals surface area contributed by atoms with Gasteiger partial charge in [0.05, 0.1) is 19.8 Å². The molecule has 0 bridgehead atoms. The second-order valence-electron chi connectivity index (χ2n) is 4.16. The van der Waals surface area contributed by atoms with Crippen molar-refractivity contribution in [2.75, 3.05) is 51.3 Å². The number of hydrogen-bond donors (Lipinski definition) is 1. The lowest BCUT2D eigenvalue weighted by Crippen LogP contribution is -2.39. The largest absolute Gasteiger partial charge is 0.490 e. The van der Waals surface area contributed by atoms with E-state index in [2.05, 4.69) is 15.2 Å². The first-order valence-electron chi connectivity index (χ1n) is 6.52. The van der Waals surface area contributed by atoms with Crippen LogP contribution in [0.25, 0.3) is 0 Å². The molecule has 1 saturated heterocycles. The first-order valence-corrected chi connectivity index (χ1v) is 6.52. The van der Waals surface area contributed by atoms with E-state index in [9.17, 15) is 0 Å². The van der Waals surface area contributed by atoms with Crippen LogP contribution in [0.3, 0.4) is 0 Å². The molecule has 18 heavy (non-hydrogen) atoms. The summed E-state index contributed by atoms with van der Waals surface area (Å²) in [6, 6.07) is 3.83. The smallest absolute Gasteiger partial charge is 0.168 e. The molecule has 1 aromatic heterocycles. The van der Waals surface area contributed by atoms with Gasteiger partial charge in [-0.2, -0.15) is 0 Å². The van der Waals surface area contributed by atoms with Gasteiger partial charge in [-0.25, -0.2) is 4.98 Å². The van der Waals surface area contributed by atoms with Gasteiger partial charge in [-0.15, -0.1) is 0 Å². The number of pyridine rings is 1. The van der Waals surface area contributed by atoms with Crippen LogP contribution in [-0.2, 0) is 4.74 Å². The highest BCUT2D eigenvalue weighted by molar-refractivity contribution is 5.49. The van der Waals surface area contributed by atoms with Gasteiger partial charge in [0, 0.05) is 32.4 Å². The SMILES string of the molecule is CCOc1cccnc1NCCN1CCOCC1. The fraction of sp³-hybridized carbons (Fsp3) is 0.615. The standard InChI is InChI=1S/C13H21N3O2/c1-2-18-12-4-3-5-14-13(12)15-6-7-16-8-10-17-11-9-16/h3-5H,2,6-11H2,1H3,(H,14,15). The van der Waals surface area contributed by atoms with Crippen molar-refractivity contribution in [2.24, 2.45) is 0 Å². The normalized spacial score (nSPS) is 16.5. The van der Waals surface area contributed by atoms with Gasteiger partial charge in [0.15, 0.2) is 11.6 Å². The molecule has 2 rings (SSSR count). The van der Waals surface area contributed by atoms with E-state index in [4.69, 9.17) is 9.47 Å². The molecule has 100 valence electrons. The second-order valence-corrected chi connectivity index (χ2v) is 4.16. The molecule has 0 spiro atoms. The quantitative estimate of drug-likeness (QED) is 0.824. The fourth-order valence-corrected chi connectivity index (χ4v) is 1.95. The molecule has 0 unspecified atom stereocenters. The number of ether oxygens (including phenoxy) is 2. The van der Waals surface area contributed by atoms with Crippen LogP contribution in [0.2, 0.25) is 0 Å². The first-order chi connectivity index (χ1) is 8.90. The van der Waals surface area contributed by atoms with Crippen LogP contribution >= 0.6 is 0 Å². The molecule has 0 atom stereocenters. The Kier molecular flexibility index (Phi) is 5.23. The van der Waals surface area contributed by atoms with Crippen molar-refractivity contribution in [3.8, 4) is 5.75 Å². The Morgan fingerprint density at radius 1 is 1.44 bits per heavy atom. The van der Waals surface area contributed by atoms with Gasteiger partial charge in [-0.05, 0) is 19.1 Å². The van der Waals surface area contributed by atoms with Crippen LogP contribution in [0.1, 0.15) is 6.92 Å². The molecule has 0 radical (unpaired) electrons. The molecule has 0 aromatic carbocycles. The molecule has 0 amide bonds. The molecule has 0 aliphatic carbocycles. The zero-order valence-corrected chi connectivity index (χ0v) is 10.9. The Labute approximate surface area is 108 Å². The maximum atomic E-state index is 5.52. The van der Waals surface area contributed by atoms with Gasteiger partial charge in [0.2, 0.25) is 0 Å². The zero-order valence-electron chi connectivity index (χ0n) is 10.9. The van der Waals surface area contributed by atoms with Crippen molar-refractivity contribution in [3.63, 3.8) is 0 Å². The van der Waals surface area contributed by atoms with E-state index >= 15 is 0 Å². The van der Waals surface area contributed by atoms with Gasteiger partial charge in [0.25, 0.3) is 0 Å². The second kappa shape index (κ2) is 7.18. The molecule has 5 heteroatoms. The molecule has 1 aliphatic heterocycles. The van der Waals surface area contributed by atoms with Crippen molar-refractivity contribution < 1.29 is 9.47 Å². The molecule has 1 N–H and O–H groups in total. The summed E-state index contributed by atoms with van der Waals surface area (Å²) in [4.78, 5) is 6.69. The number of anilines is 1. The molecule has 0 saturated carbocycles. The predicted octanol–water partition coefficient (Wildman–Crippen LogP) is 1.22. The van der Waals surface area contributed by atoms with Crippen molar-refractivity contribution in [1.29, 1.82) is 0 Å². The Balaban J connectivity index is 1.78. The average molecular weight is 251 g/mol. The molecule has 2 heterocycles. The third-order valence-electron chi connectivity index (χ3n) is 2.89. The minimum Gasteiger partial charge on any atom is -0.490 e. The van der Waals surface area contributed by atoms with E-state index in [1.165, 1.54) is 0 Å². The minimum absolute atomic E-state index is 0.657. The van der Waals surface area contributed by atoms with E-state index in [1.807, 2.05) is 19.1 Å². The number of nitrogens with one attached hydrogen (secondary N) is 1. The summed E-state index contributed by atoms with van der Waals surface area (Å²) in [7, 11) is 0. The number of hydrogen-bond acceptors (Lipinski definition) is 5. The minimum atomic E-state index is 0.657. The predicted molar refractivity (Wildman–Crippen MR) is 71.2 cm³/mol. The molecule has 1 fully saturated rings. The molecular weight excluding hydrogens is 230 g/mol. The van der Waals surface area contributed by atoms with Gasteiger partial charge >= 0.3 is 0 Å². The van der Waals surface area contributed by atoms with Crippen LogP contribution in [0.4, 0.5) is 5.82 Å². The van der Waals surface area contributed by atoms with Crippen LogP contribution < -0.4 is 10.1 Å². The highest BCUT2D eigenvalue weighted by Crippen LogP contribution is 2.20. The summed E-state index contributed by atoms with van der Waals surface area (Å²) < 4.78 is 10.8. The fourth-order valence-electron chi connectivity index (χ4n) is 1.95. The van der Waals surface area contributed by atoms with Gasteiger partial charge in [-0.3, -0.25) is 4.90 Å². The maximum Gasteiger partial charge on any atom is 0.168 e. The summed E-state index contributed by atoms with van der Waals surface area (Å²) in [6.07, 6.45) is 1.78. The zero-order chi connectivity index (χ0) is 12.6. The monoisotopic (exact) mass is 251 g/mol. The van der Waals surface area contributed by atoms with Crippen molar-refractivity contribution in [2.45, 2.75) is 6.92 Å². The lowest BCUT2D eigenvalue weighted by Gasteiger charge is -2.26. The summed E-state index contributed by atoms with van der Waals surface area (Å²) in [5.74, 6) is 1.65. The third-order valence-corrected chi connectivity index (χ3v) is 2.89. The molecule has 1 aromatic rings. The van der Waals surface area contributed by atoms with Crippen molar-refractivity contribution >= 4 is 5.82 Å². The maximum absolute atomic E-state index is 5.52. The summed E-state index contributed by atoms with van der Waals surface area (Å²) in [6.45, 7) is 8.23. The third kappa shape index (κ3) is 3.85. The Bertz CT molecular complexity index is 354. The van der Waals surface area contributed by atoms with E-state index in [0.29, 0.717) is 6.61 Å². The molecular formula is C13H21N3O2. The topological polar surface area (TPSA) is 46.6 Å². The highest BCUT2D eigenvalue weighted by Gasteiger charge is 2.10. The average Bonchev–Trinajstić information content (AvgIpc) is 2.42. The Hall–Kier alpha value is -1.33. The molecule has 5 nitrogen and oxygen atoms in total. The lowest BCUT2D eigenvalue weighted by molar-refractivity contribution is 0.0398. The van der Waals surface area contributed by atoms with Gasteiger partial charge < -0.3 is 14.8 Å². The first kappa shape index (κ1) is 13.1. The number of morpholine rings is 1. The van der Waals surface area contributed by atoms with Crippen molar-refractivity contribution in [3.05, 3.63) is 18.3 Å². The van der Waals surface area contributed by atoms with E-state index in [0.717, 1.165) is 51.0 Å². The van der Waals surface area contributed by atoms with E-state index in [-0.39, 0.29) is 0 Å². The number of rotatable bonds is 6. The van der Waals surface area contributed by atoms with Crippen LogP contribution in [0.5, 0.6) is 5.75 Å². The van der Waals surface area contributed by atoms with Gasteiger partial charge in [-0.1, -0.05) is 0 Å². The summed E-state index contributed by atoms with van der Waals surface area (Å²) in [5.41, 5.74) is 0. The number of nitrogens with zero attached hydrogens (tertiary/aromatic N) is 2. The Morgan fingerprint density at radius 3 is 3.06 bits per heavy atom. The highest BCUT2D eigenvalue weighted by atomic mass is 16.5. The van der Waals surface area contributed by atoms with Crippen LogP contribution in [0, 0.1) is 0 Å². The Morgan fingerprint density at radius 2 is 2.28 bits per heavy atom. The van der Waals surface area contributed by atoms with Crippen LogP contribution in [0.15, 0.2) is 18.3 Å².